The minimum absolute atomic E-state index is 0.0503. The molecule has 0 atom stereocenters. The first-order chi connectivity index (χ1) is 15.9. The summed E-state index contributed by atoms with van der Waals surface area (Å²) in [6.45, 7) is 5.35. The molecule has 8 nitrogen and oxygen atoms in total. The predicted octanol–water partition coefficient (Wildman–Crippen LogP) is 2.44. The summed E-state index contributed by atoms with van der Waals surface area (Å²) >= 11 is 0. The van der Waals surface area contributed by atoms with Crippen molar-refractivity contribution in [2.75, 3.05) is 32.8 Å². The second-order valence-corrected chi connectivity index (χ2v) is 8.46. The van der Waals surface area contributed by atoms with Crippen LogP contribution in [0.25, 0.3) is 0 Å². The van der Waals surface area contributed by atoms with Gasteiger partial charge in [0.15, 0.2) is 6.61 Å². The highest BCUT2D eigenvalue weighted by molar-refractivity contribution is 6.22. The van der Waals surface area contributed by atoms with E-state index in [2.05, 4.69) is 0 Å². The first-order valence-electron chi connectivity index (χ1n) is 11.1. The maximum Gasteiger partial charge on any atom is 0.261 e. The van der Waals surface area contributed by atoms with Gasteiger partial charge >= 0.3 is 0 Å². The molecule has 0 radical (unpaired) electrons. The number of hydrogen-bond acceptors (Lipinski definition) is 5. The first-order valence-corrected chi connectivity index (χ1v) is 11.1. The third kappa shape index (κ3) is 4.60. The van der Waals surface area contributed by atoms with E-state index in [0.29, 0.717) is 49.5 Å². The van der Waals surface area contributed by atoms with Gasteiger partial charge in [-0.05, 0) is 50.6 Å². The second-order valence-electron chi connectivity index (χ2n) is 8.46. The van der Waals surface area contributed by atoms with Gasteiger partial charge in [0.1, 0.15) is 5.75 Å². The molecule has 33 heavy (non-hydrogen) atoms. The molecule has 0 bridgehead atoms. The van der Waals surface area contributed by atoms with Crippen LogP contribution in [0, 0.1) is 0 Å². The predicted molar refractivity (Wildman–Crippen MR) is 121 cm³/mol. The van der Waals surface area contributed by atoms with Crippen molar-refractivity contribution in [1.29, 1.82) is 0 Å². The zero-order valence-electron chi connectivity index (χ0n) is 18.8. The number of carbonyl (C=O) groups excluding carboxylic acids is 4. The molecule has 0 aliphatic carbocycles. The van der Waals surface area contributed by atoms with Crippen molar-refractivity contribution in [2.45, 2.75) is 26.3 Å². The van der Waals surface area contributed by atoms with Crippen molar-refractivity contribution < 1.29 is 23.9 Å². The van der Waals surface area contributed by atoms with Crippen molar-refractivity contribution in [3.63, 3.8) is 0 Å². The van der Waals surface area contributed by atoms with Crippen molar-refractivity contribution in [2.24, 2.45) is 0 Å². The zero-order valence-corrected chi connectivity index (χ0v) is 18.8. The molecule has 0 saturated carbocycles. The molecule has 2 aliphatic heterocycles. The molecule has 4 rings (SSSR count). The van der Waals surface area contributed by atoms with Crippen LogP contribution in [0.2, 0.25) is 0 Å². The van der Waals surface area contributed by atoms with Crippen LogP contribution in [-0.2, 0) is 4.79 Å². The molecular formula is C25H27N3O5. The monoisotopic (exact) mass is 449 g/mol. The van der Waals surface area contributed by atoms with Crippen molar-refractivity contribution in [1.82, 2.24) is 14.7 Å². The Morgan fingerprint density at radius 2 is 1.55 bits per heavy atom. The van der Waals surface area contributed by atoms with E-state index >= 15 is 0 Å². The van der Waals surface area contributed by atoms with E-state index in [1.54, 1.807) is 47.9 Å². The van der Waals surface area contributed by atoms with Crippen LogP contribution in [0.15, 0.2) is 48.5 Å². The Hall–Kier alpha value is -3.68. The Labute approximate surface area is 192 Å². The fourth-order valence-electron chi connectivity index (χ4n) is 4.17. The highest BCUT2D eigenvalue weighted by Crippen LogP contribution is 2.26. The molecule has 1 fully saturated rings. The number of rotatable bonds is 5. The summed E-state index contributed by atoms with van der Waals surface area (Å²) in [7, 11) is 0. The van der Waals surface area contributed by atoms with Crippen LogP contribution in [0.4, 0.5) is 0 Å². The van der Waals surface area contributed by atoms with Gasteiger partial charge in [0.25, 0.3) is 23.6 Å². The van der Waals surface area contributed by atoms with Gasteiger partial charge in [0.2, 0.25) is 0 Å². The van der Waals surface area contributed by atoms with Crippen LogP contribution in [0.3, 0.4) is 0 Å². The Bertz CT molecular complexity index is 1080. The van der Waals surface area contributed by atoms with Crippen LogP contribution in [-0.4, -0.2) is 77.2 Å². The molecule has 172 valence electrons. The number of nitrogens with zero attached hydrogens (tertiary/aromatic N) is 3. The Morgan fingerprint density at radius 3 is 2.27 bits per heavy atom. The lowest BCUT2D eigenvalue weighted by Crippen LogP contribution is -2.39. The third-order valence-corrected chi connectivity index (χ3v) is 5.92. The van der Waals surface area contributed by atoms with E-state index in [9.17, 15) is 19.2 Å². The van der Waals surface area contributed by atoms with E-state index in [1.165, 1.54) is 11.0 Å². The Morgan fingerprint density at radius 1 is 0.879 bits per heavy atom. The summed E-state index contributed by atoms with van der Waals surface area (Å²) in [5.74, 6) is -0.394. The Balaban J connectivity index is 1.39. The lowest BCUT2D eigenvalue weighted by molar-refractivity contribution is -0.133. The number of ether oxygens (including phenoxy) is 1. The number of para-hydroxylation sites is 1. The summed E-state index contributed by atoms with van der Waals surface area (Å²) in [6, 6.07) is 13.6. The first kappa shape index (κ1) is 22.5. The minimum Gasteiger partial charge on any atom is -0.484 e. The van der Waals surface area contributed by atoms with Gasteiger partial charge in [0, 0.05) is 37.8 Å². The summed E-state index contributed by atoms with van der Waals surface area (Å²) in [5, 5.41) is 0. The van der Waals surface area contributed by atoms with Crippen LogP contribution in [0.1, 0.15) is 51.3 Å². The quantitative estimate of drug-likeness (QED) is 0.655. The molecule has 4 amide bonds. The zero-order chi connectivity index (χ0) is 23.5. The standard InChI is InChI=1S/C25H27N3O5/c1-17(2)28-24(31)20-10-9-18(15-21(20)25(28)32)23(30)27-12-6-11-26(13-14-27)22(29)16-33-19-7-4-3-5-8-19/h3-5,7-10,15,17H,6,11-14,16H2,1-2H3. The van der Waals surface area contributed by atoms with Crippen LogP contribution >= 0.6 is 0 Å². The molecule has 0 unspecified atom stereocenters. The maximum atomic E-state index is 13.1. The molecule has 2 aromatic rings. The van der Waals surface area contributed by atoms with Gasteiger partial charge < -0.3 is 14.5 Å². The minimum atomic E-state index is -0.370. The molecule has 1 saturated heterocycles. The van der Waals surface area contributed by atoms with Gasteiger partial charge in [-0.1, -0.05) is 18.2 Å². The van der Waals surface area contributed by atoms with Crippen LogP contribution < -0.4 is 4.74 Å². The van der Waals surface area contributed by atoms with E-state index < -0.39 is 0 Å². The lowest BCUT2D eigenvalue weighted by Gasteiger charge is -2.22. The number of hydrogen-bond donors (Lipinski definition) is 0. The van der Waals surface area contributed by atoms with Crippen LogP contribution in [0.5, 0.6) is 5.75 Å². The normalized spacial score (nSPS) is 16.2. The van der Waals surface area contributed by atoms with E-state index in [-0.39, 0.29) is 41.8 Å². The van der Waals surface area contributed by atoms with Gasteiger partial charge in [-0.3, -0.25) is 24.1 Å². The lowest BCUT2D eigenvalue weighted by atomic mass is 10.0. The van der Waals surface area contributed by atoms with Gasteiger partial charge in [-0.25, -0.2) is 0 Å². The maximum absolute atomic E-state index is 13.1. The average molecular weight is 450 g/mol. The topological polar surface area (TPSA) is 87.2 Å². The van der Waals surface area contributed by atoms with Crippen molar-refractivity contribution in [3.05, 3.63) is 65.2 Å². The van der Waals surface area contributed by atoms with Crippen molar-refractivity contribution in [3.8, 4) is 5.75 Å². The van der Waals surface area contributed by atoms with E-state index in [1.807, 2.05) is 18.2 Å². The van der Waals surface area contributed by atoms with Gasteiger partial charge in [0.05, 0.1) is 11.1 Å². The molecule has 0 N–H and O–H groups in total. The fourth-order valence-corrected chi connectivity index (χ4v) is 4.17. The third-order valence-electron chi connectivity index (χ3n) is 5.92. The molecule has 2 aliphatic rings. The second kappa shape index (κ2) is 9.44. The molecule has 2 heterocycles. The molecule has 0 spiro atoms. The number of amides is 4. The Kier molecular flexibility index (Phi) is 6.44. The summed E-state index contributed by atoms with van der Waals surface area (Å²) in [5.41, 5.74) is 0.966. The number of carbonyl (C=O) groups is 4. The number of benzene rings is 2. The number of fused-ring (bicyclic) bond motifs is 1. The average Bonchev–Trinajstić information content (AvgIpc) is 2.97. The molecule has 0 aromatic heterocycles. The molecule has 2 aromatic carbocycles. The van der Waals surface area contributed by atoms with Crippen molar-refractivity contribution >= 4 is 23.6 Å². The molecular weight excluding hydrogens is 422 g/mol. The smallest absolute Gasteiger partial charge is 0.261 e. The number of imide groups is 1. The SMILES string of the molecule is CC(C)N1C(=O)c2ccc(C(=O)N3CCCN(C(=O)COc4ccccc4)CC3)cc2C1=O. The molecule has 8 heteroatoms. The van der Waals surface area contributed by atoms with Gasteiger partial charge in [-0.2, -0.15) is 0 Å². The fraction of sp³-hybridized carbons (Fsp3) is 0.360. The highest BCUT2D eigenvalue weighted by Gasteiger charge is 2.37. The van der Waals surface area contributed by atoms with Gasteiger partial charge in [-0.15, -0.1) is 0 Å². The largest absolute Gasteiger partial charge is 0.484 e. The van der Waals surface area contributed by atoms with E-state index in [4.69, 9.17) is 4.74 Å². The van der Waals surface area contributed by atoms with E-state index in [0.717, 1.165) is 0 Å². The summed E-state index contributed by atoms with van der Waals surface area (Å²) < 4.78 is 5.56. The highest BCUT2D eigenvalue weighted by atomic mass is 16.5. The summed E-state index contributed by atoms with van der Waals surface area (Å²) in [4.78, 5) is 55.5. The summed E-state index contributed by atoms with van der Waals surface area (Å²) in [6.07, 6.45) is 0.645.